The number of carbonyl (C=O) groups excluding carboxylic acids is 2. The number of hydrazone groups is 1. The molecule has 2 atom stereocenters. The SMILES string of the molecule is Cc1ccc(C2=NN(C(=N)S[C@H]3CC(=O)N(c4ccc(C(=O)O)cc4)C3=O)[C@H](c3ccc(Cl)cc3)C2)cc1. The van der Waals surface area contributed by atoms with Gasteiger partial charge in [0.25, 0.3) is 0 Å². The van der Waals surface area contributed by atoms with Crippen molar-refractivity contribution in [2.75, 3.05) is 4.90 Å². The summed E-state index contributed by atoms with van der Waals surface area (Å²) in [6.07, 6.45) is 0.494. The van der Waals surface area contributed by atoms with Crippen LogP contribution in [0.25, 0.3) is 0 Å². The maximum atomic E-state index is 13.2. The van der Waals surface area contributed by atoms with Crippen molar-refractivity contribution >= 4 is 57.7 Å². The van der Waals surface area contributed by atoms with Crippen LogP contribution in [0.1, 0.15) is 45.9 Å². The zero-order valence-electron chi connectivity index (χ0n) is 20.3. The maximum absolute atomic E-state index is 13.2. The van der Waals surface area contributed by atoms with Crippen molar-refractivity contribution < 1.29 is 19.5 Å². The third kappa shape index (κ3) is 5.07. The van der Waals surface area contributed by atoms with E-state index in [1.165, 1.54) is 24.3 Å². The maximum Gasteiger partial charge on any atom is 0.335 e. The third-order valence-corrected chi connectivity index (χ3v) is 7.80. The third-order valence-electron chi connectivity index (χ3n) is 6.49. The number of thioether (sulfide) groups is 1. The summed E-state index contributed by atoms with van der Waals surface area (Å²) in [5, 5.41) is 24.2. The van der Waals surface area contributed by atoms with Gasteiger partial charge in [0.15, 0.2) is 5.17 Å². The van der Waals surface area contributed by atoms with E-state index in [2.05, 4.69) is 0 Å². The number of nitrogens with one attached hydrogen (secondary N) is 1. The molecule has 0 aliphatic carbocycles. The van der Waals surface area contributed by atoms with Gasteiger partial charge < -0.3 is 5.11 Å². The topological polar surface area (TPSA) is 114 Å². The molecule has 0 radical (unpaired) electrons. The molecule has 2 N–H and O–H groups in total. The Balaban J connectivity index is 1.38. The lowest BCUT2D eigenvalue weighted by molar-refractivity contribution is -0.121. The molecule has 2 aliphatic rings. The molecule has 2 aliphatic heterocycles. The van der Waals surface area contributed by atoms with E-state index in [0.717, 1.165) is 39.1 Å². The lowest BCUT2D eigenvalue weighted by Crippen LogP contribution is -2.32. The van der Waals surface area contributed by atoms with Gasteiger partial charge in [-0.25, -0.2) is 14.7 Å². The molecule has 0 aromatic heterocycles. The van der Waals surface area contributed by atoms with Gasteiger partial charge in [-0.3, -0.25) is 15.0 Å². The Kier molecular flexibility index (Phi) is 7.05. The number of carbonyl (C=O) groups is 3. The van der Waals surface area contributed by atoms with Crippen LogP contribution < -0.4 is 4.90 Å². The van der Waals surface area contributed by atoms with Crippen LogP contribution in [0.3, 0.4) is 0 Å². The molecular weight excluding hydrogens is 524 g/mol. The molecule has 0 bridgehead atoms. The predicted molar refractivity (Wildman–Crippen MR) is 148 cm³/mol. The number of hydrogen-bond donors (Lipinski definition) is 2. The average molecular weight is 547 g/mol. The number of amidine groups is 1. The Labute approximate surface area is 228 Å². The van der Waals surface area contributed by atoms with Crippen molar-refractivity contribution in [2.24, 2.45) is 5.10 Å². The van der Waals surface area contributed by atoms with E-state index in [1.54, 1.807) is 17.1 Å². The zero-order chi connectivity index (χ0) is 27.0. The average Bonchev–Trinajstić information content (AvgIpc) is 3.46. The number of benzene rings is 3. The molecule has 38 heavy (non-hydrogen) atoms. The minimum absolute atomic E-state index is 0.0567. The van der Waals surface area contributed by atoms with Crippen molar-refractivity contribution in [3.8, 4) is 0 Å². The molecule has 2 heterocycles. The molecule has 1 fully saturated rings. The summed E-state index contributed by atoms with van der Waals surface area (Å²) < 4.78 is 0. The van der Waals surface area contributed by atoms with Crippen LogP contribution in [0.4, 0.5) is 5.69 Å². The first-order valence-electron chi connectivity index (χ1n) is 11.9. The fourth-order valence-corrected chi connectivity index (χ4v) is 5.58. The molecule has 2 amide bonds. The van der Waals surface area contributed by atoms with E-state index in [-0.39, 0.29) is 23.2 Å². The minimum atomic E-state index is -1.09. The number of imide groups is 1. The summed E-state index contributed by atoms with van der Waals surface area (Å²) in [7, 11) is 0. The molecule has 5 rings (SSSR count). The van der Waals surface area contributed by atoms with Gasteiger partial charge in [0.05, 0.1) is 23.0 Å². The van der Waals surface area contributed by atoms with Gasteiger partial charge in [-0.05, 0) is 54.4 Å². The highest BCUT2D eigenvalue weighted by molar-refractivity contribution is 8.14. The predicted octanol–water partition coefficient (Wildman–Crippen LogP) is 5.50. The number of halogens is 1. The molecule has 8 nitrogen and oxygen atoms in total. The van der Waals surface area contributed by atoms with Crippen LogP contribution in [0.2, 0.25) is 5.02 Å². The fourth-order valence-electron chi connectivity index (χ4n) is 4.47. The summed E-state index contributed by atoms with van der Waals surface area (Å²) in [5.74, 6) is -1.94. The van der Waals surface area contributed by atoms with E-state index in [4.69, 9.17) is 27.2 Å². The van der Waals surface area contributed by atoms with Gasteiger partial charge in [-0.1, -0.05) is 65.3 Å². The first-order chi connectivity index (χ1) is 18.2. The number of carboxylic acid groups (broad SMARTS) is 1. The molecule has 3 aromatic carbocycles. The van der Waals surface area contributed by atoms with Crippen LogP contribution in [-0.2, 0) is 9.59 Å². The largest absolute Gasteiger partial charge is 0.478 e. The highest BCUT2D eigenvalue weighted by Crippen LogP contribution is 2.38. The second kappa shape index (κ2) is 10.4. The standard InChI is InChI=1S/C28H23ClN4O4S/c1-16-2-4-17(5-3-16)22-14-23(18-6-10-20(29)11-7-18)33(31-22)28(30)38-24-15-25(34)32(26(24)35)21-12-8-19(9-13-21)27(36)37/h2-13,23-24,30H,14-15H2,1H3,(H,36,37)/t23-,24-/m0/s1. The lowest BCUT2D eigenvalue weighted by Gasteiger charge is -2.24. The van der Waals surface area contributed by atoms with Gasteiger partial charge in [-0.2, -0.15) is 5.10 Å². The van der Waals surface area contributed by atoms with Gasteiger partial charge in [0.1, 0.15) is 5.25 Å². The molecule has 0 spiro atoms. The minimum Gasteiger partial charge on any atom is -0.478 e. The molecule has 1 saturated heterocycles. The van der Waals surface area contributed by atoms with Crippen molar-refractivity contribution in [1.82, 2.24) is 5.01 Å². The molecular formula is C28H23ClN4O4S. The number of anilines is 1. The van der Waals surface area contributed by atoms with E-state index in [0.29, 0.717) is 17.1 Å². The Hall–Kier alpha value is -3.95. The lowest BCUT2D eigenvalue weighted by atomic mass is 9.98. The van der Waals surface area contributed by atoms with Crippen molar-refractivity contribution in [3.63, 3.8) is 0 Å². The van der Waals surface area contributed by atoms with Crippen LogP contribution >= 0.6 is 23.4 Å². The Morgan fingerprint density at radius 3 is 2.29 bits per heavy atom. The van der Waals surface area contributed by atoms with Crippen molar-refractivity contribution in [2.45, 2.75) is 31.1 Å². The Morgan fingerprint density at radius 1 is 1.00 bits per heavy atom. The number of hydrogen-bond acceptors (Lipinski definition) is 6. The number of amides is 2. The smallest absolute Gasteiger partial charge is 0.335 e. The number of carboxylic acids is 1. The summed E-state index contributed by atoms with van der Waals surface area (Å²) in [5.41, 5.74) is 4.21. The monoisotopic (exact) mass is 546 g/mol. The summed E-state index contributed by atoms with van der Waals surface area (Å²) >= 11 is 7.09. The highest BCUT2D eigenvalue weighted by Gasteiger charge is 2.42. The van der Waals surface area contributed by atoms with Gasteiger partial charge in [0.2, 0.25) is 11.8 Å². The highest BCUT2D eigenvalue weighted by atomic mass is 35.5. The quantitative estimate of drug-likeness (QED) is 0.248. The molecule has 0 saturated carbocycles. The van der Waals surface area contributed by atoms with E-state index in [1.807, 2.05) is 43.3 Å². The van der Waals surface area contributed by atoms with Crippen LogP contribution in [0.5, 0.6) is 0 Å². The molecule has 10 heteroatoms. The van der Waals surface area contributed by atoms with Crippen LogP contribution in [0, 0.1) is 12.3 Å². The second-order valence-electron chi connectivity index (χ2n) is 9.06. The molecule has 192 valence electrons. The van der Waals surface area contributed by atoms with Gasteiger partial charge >= 0.3 is 5.97 Å². The molecule has 3 aromatic rings. The van der Waals surface area contributed by atoms with Crippen LogP contribution in [-0.4, -0.2) is 44.0 Å². The number of aryl methyl sites for hydroxylation is 1. The van der Waals surface area contributed by atoms with Crippen molar-refractivity contribution in [1.29, 1.82) is 5.41 Å². The van der Waals surface area contributed by atoms with Crippen LogP contribution in [0.15, 0.2) is 77.9 Å². The van der Waals surface area contributed by atoms with Crippen molar-refractivity contribution in [3.05, 3.63) is 100 Å². The van der Waals surface area contributed by atoms with E-state index >= 15 is 0 Å². The van der Waals surface area contributed by atoms with E-state index in [9.17, 15) is 14.4 Å². The normalized spacial score (nSPS) is 19.2. The number of rotatable bonds is 5. The molecule has 0 unspecified atom stereocenters. The van der Waals surface area contributed by atoms with E-state index < -0.39 is 23.0 Å². The number of aromatic carboxylic acids is 1. The number of nitrogens with zero attached hydrogens (tertiary/aromatic N) is 3. The Bertz CT molecular complexity index is 1460. The fraction of sp³-hybridized carbons (Fsp3) is 0.179. The summed E-state index contributed by atoms with van der Waals surface area (Å²) in [6.45, 7) is 2.01. The first-order valence-corrected chi connectivity index (χ1v) is 13.1. The summed E-state index contributed by atoms with van der Waals surface area (Å²) in [6, 6.07) is 20.7. The zero-order valence-corrected chi connectivity index (χ0v) is 21.9. The first kappa shape index (κ1) is 25.7. The van der Waals surface area contributed by atoms with Gasteiger partial charge in [-0.15, -0.1) is 0 Å². The van der Waals surface area contributed by atoms with Gasteiger partial charge in [0, 0.05) is 17.9 Å². The second-order valence-corrected chi connectivity index (χ2v) is 10.7. The Morgan fingerprint density at radius 2 is 1.66 bits per heavy atom. The summed E-state index contributed by atoms with van der Waals surface area (Å²) in [4.78, 5) is 38.1.